The third-order valence-electron chi connectivity index (χ3n) is 3.76. The van der Waals surface area contributed by atoms with Crippen LogP contribution in [-0.4, -0.2) is 24.0 Å². The van der Waals surface area contributed by atoms with Crippen molar-refractivity contribution in [2.24, 2.45) is 5.92 Å². The zero-order valence-corrected chi connectivity index (χ0v) is 12.0. The number of nitrogens with one attached hydrogen (secondary N) is 2. The van der Waals surface area contributed by atoms with E-state index in [2.05, 4.69) is 15.6 Å². The average molecular weight is 279 g/mol. The zero-order chi connectivity index (χ0) is 13.1. The van der Waals surface area contributed by atoms with E-state index in [0.717, 1.165) is 30.4 Å². The molecule has 0 spiro atoms. The second-order valence-corrected chi connectivity index (χ2v) is 6.66. The van der Waals surface area contributed by atoms with Gasteiger partial charge in [-0.25, -0.2) is 4.98 Å². The molecule has 0 bridgehead atoms. The summed E-state index contributed by atoms with van der Waals surface area (Å²) in [6.07, 6.45) is 8.61. The third-order valence-corrected chi connectivity index (χ3v) is 4.83. The van der Waals surface area contributed by atoms with Crippen LogP contribution in [0.2, 0.25) is 0 Å². The van der Waals surface area contributed by atoms with Crippen molar-refractivity contribution < 1.29 is 4.79 Å². The van der Waals surface area contributed by atoms with Gasteiger partial charge in [0.2, 0.25) is 5.91 Å². The summed E-state index contributed by atoms with van der Waals surface area (Å²) in [5, 5.41) is 6.91. The van der Waals surface area contributed by atoms with Gasteiger partial charge in [0.1, 0.15) is 0 Å². The molecule has 1 amide bonds. The predicted molar refractivity (Wildman–Crippen MR) is 77.6 cm³/mol. The Balaban J connectivity index is 1.49. The van der Waals surface area contributed by atoms with E-state index >= 15 is 0 Å². The van der Waals surface area contributed by atoms with Gasteiger partial charge >= 0.3 is 0 Å². The maximum absolute atomic E-state index is 11.8. The van der Waals surface area contributed by atoms with Crippen LogP contribution in [0.5, 0.6) is 0 Å². The molecule has 2 aliphatic rings. The Hall–Kier alpha value is -0.940. The lowest BCUT2D eigenvalue weighted by Gasteiger charge is -2.03. The highest BCUT2D eigenvalue weighted by atomic mass is 32.1. The van der Waals surface area contributed by atoms with Gasteiger partial charge in [-0.2, -0.15) is 0 Å². The van der Waals surface area contributed by atoms with Gasteiger partial charge in [-0.15, -0.1) is 11.3 Å². The summed E-state index contributed by atoms with van der Waals surface area (Å²) in [7, 11) is 0. The highest BCUT2D eigenvalue weighted by Gasteiger charge is 2.21. The topological polar surface area (TPSA) is 54.0 Å². The van der Waals surface area contributed by atoms with E-state index in [-0.39, 0.29) is 5.91 Å². The molecule has 19 heavy (non-hydrogen) atoms. The van der Waals surface area contributed by atoms with Crippen LogP contribution in [0.1, 0.15) is 42.7 Å². The fourth-order valence-electron chi connectivity index (χ4n) is 2.46. The monoisotopic (exact) mass is 279 g/mol. The highest BCUT2D eigenvalue weighted by molar-refractivity contribution is 7.15. The van der Waals surface area contributed by atoms with Crippen LogP contribution in [-0.2, 0) is 17.6 Å². The van der Waals surface area contributed by atoms with Gasteiger partial charge in [0.05, 0.1) is 12.2 Å². The van der Waals surface area contributed by atoms with Gasteiger partial charge in [0, 0.05) is 4.88 Å². The Bertz CT molecular complexity index is 430. The third kappa shape index (κ3) is 3.76. The minimum atomic E-state index is 0.0320. The van der Waals surface area contributed by atoms with Gasteiger partial charge < -0.3 is 10.6 Å². The van der Waals surface area contributed by atoms with Gasteiger partial charge in [0.25, 0.3) is 0 Å². The van der Waals surface area contributed by atoms with Crippen LogP contribution in [0, 0.1) is 5.92 Å². The summed E-state index contributed by atoms with van der Waals surface area (Å²) in [6, 6.07) is 0. The van der Waals surface area contributed by atoms with Crippen LogP contribution in [0.4, 0.5) is 5.13 Å². The largest absolute Gasteiger partial charge is 0.308 e. The number of carbonyl (C=O) groups is 1. The standard InChI is InChI=1S/C14H21N3OS/c18-13(9-15-8-10-6-7-10)17-14-16-11-4-2-1-3-5-12(11)19-14/h10,15H,1-9H2,(H,16,17,18). The van der Waals surface area contributed by atoms with Crippen molar-refractivity contribution in [3.05, 3.63) is 10.6 Å². The van der Waals surface area contributed by atoms with Crippen LogP contribution >= 0.6 is 11.3 Å². The molecule has 2 N–H and O–H groups in total. The molecule has 1 aromatic heterocycles. The molecule has 4 nitrogen and oxygen atoms in total. The first kappa shape index (κ1) is 13.1. The number of carbonyl (C=O) groups excluding carboxylic acids is 1. The Morgan fingerprint density at radius 2 is 2.11 bits per heavy atom. The van der Waals surface area contributed by atoms with E-state index in [9.17, 15) is 4.79 Å². The molecular formula is C14H21N3OS. The smallest absolute Gasteiger partial charge is 0.240 e. The first-order valence-electron chi connectivity index (χ1n) is 7.30. The fourth-order valence-corrected chi connectivity index (χ4v) is 3.52. The van der Waals surface area contributed by atoms with Crippen molar-refractivity contribution in [3.63, 3.8) is 0 Å². The quantitative estimate of drug-likeness (QED) is 0.814. The summed E-state index contributed by atoms with van der Waals surface area (Å²) in [6.45, 7) is 1.38. The van der Waals surface area contributed by atoms with Gasteiger partial charge in [-0.3, -0.25) is 4.79 Å². The minimum Gasteiger partial charge on any atom is -0.308 e. The van der Waals surface area contributed by atoms with Crippen molar-refractivity contribution in [3.8, 4) is 0 Å². The number of nitrogens with zero attached hydrogens (tertiary/aromatic N) is 1. The molecule has 0 aliphatic heterocycles. The summed E-state index contributed by atoms with van der Waals surface area (Å²) in [5.41, 5.74) is 1.21. The van der Waals surface area contributed by atoms with Crippen LogP contribution in [0.15, 0.2) is 0 Å². The average Bonchev–Trinajstić information content (AvgIpc) is 3.16. The molecule has 104 valence electrons. The fraction of sp³-hybridized carbons (Fsp3) is 0.714. The number of thiazole rings is 1. The molecule has 0 radical (unpaired) electrons. The lowest BCUT2D eigenvalue weighted by molar-refractivity contribution is -0.115. The molecule has 1 saturated carbocycles. The van der Waals surface area contributed by atoms with Crippen molar-refractivity contribution in [2.75, 3.05) is 18.4 Å². The first-order chi connectivity index (χ1) is 9.31. The predicted octanol–water partition coefficient (Wildman–Crippen LogP) is 2.35. The molecule has 3 rings (SSSR count). The summed E-state index contributed by atoms with van der Waals surface area (Å²) >= 11 is 1.66. The van der Waals surface area contributed by atoms with Crippen molar-refractivity contribution in [1.29, 1.82) is 0 Å². The number of rotatable bonds is 5. The van der Waals surface area contributed by atoms with E-state index in [0.29, 0.717) is 6.54 Å². The summed E-state index contributed by atoms with van der Waals surface area (Å²) < 4.78 is 0. The summed E-state index contributed by atoms with van der Waals surface area (Å²) in [4.78, 5) is 17.7. The van der Waals surface area contributed by atoms with E-state index in [4.69, 9.17) is 0 Å². The lowest BCUT2D eigenvalue weighted by atomic mass is 10.2. The minimum absolute atomic E-state index is 0.0320. The number of hydrogen-bond donors (Lipinski definition) is 2. The maximum atomic E-state index is 11.8. The Kier molecular flexibility index (Phi) is 4.13. The van der Waals surface area contributed by atoms with Gasteiger partial charge in [-0.05, 0) is 51.0 Å². The molecule has 1 heterocycles. The Morgan fingerprint density at radius 1 is 1.26 bits per heavy atom. The molecule has 0 saturated heterocycles. The van der Waals surface area contributed by atoms with E-state index < -0.39 is 0 Å². The number of hydrogen-bond acceptors (Lipinski definition) is 4. The molecule has 0 atom stereocenters. The van der Waals surface area contributed by atoms with Crippen molar-refractivity contribution in [1.82, 2.24) is 10.3 Å². The van der Waals surface area contributed by atoms with Crippen LogP contribution in [0.3, 0.4) is 0 Å². The number of fused-ring (bicyclic) bond motifs is 1. The summed E-state index contributed by atoms with van der Waals surface area (Å²) in [5.74, 6) is 0.841. The van der Waals surface area contributed by atoms with Crippen LogP contribution < -0.4 is 10.6 Å². The van der Waals surface area contributed by atoms with Crippen molar-refractivity contribution in [2.45, 2.75) is 44.9 Å². The Labute approximate surface area is 118 Å². The maximum Gasteiger partial charge on any atom is 0.240 e. The number of aryl methyl sites for hydroxylation is 2. The number of anilines is 1. The van der Waals surface area contributed by atoms with E-state index in [1.54, 1.807) is 11.3 Å². The molecular weight excluding hydrogens is 258 g/mol. The molecule has 1 aromatic rings. The number of amides is 1. The molecule has 1 fully saturated rings. The molecule has 0 aromatic carbocycles. The van der Waals surface area contributed by atoms with Gasteiger partial charge in [0.15, 0.2) is 5.13 Å². The SMILES string of the molecule is O=C(CNCC1CC1)Nc1nc2c(s1)CCCCC2. The van der Waals surface area contributed by atoms with Gasteiger partial charge in [-0.1, -0.05) is 6.42 Å². The molecule has 0 unspecified atom stereocenters. The van der Waals surface area contributed by atoms with E-state index in [1.807, 2.05) is 0 Å². The first-order valence-corrected chi connectivity index (χ1v) is 8.12. The van der Waals surface area contributed by atoms with Crippen molar-refractivity contribution >= 4 is 22.4 Å². The highest BCUT2D eigenvalue weighted by Crippen LogP contribution is 2.29. The van der Waals surface area contributed by atoms with Crippen LogP contribution in [0.25, 0.3) is 0 Å². The molecule has 5 heteroatoms. The zero-order valence-electron chi connectivity index (χ0n) is 11.2. The second-order valence-electron chi connectivity index (χ2n) is 5.57. The Morgan fingerprint density at radius 3 is 2.95 bits per heavy atom. The molecule has 2 aliphatic carbocycles. The van der Waals surface area contributed by atoms with E-state index in [1.165, 1.54) is 42.7 Å². The second kappa shape index (κ2) is 6.01. The normalized spacial score (nSPS) is 18.7. The lowest BCUT2D eigenvalue weighted by Crippen LogP contribution is -2.29. The number of aromatic nitrogens is 1.